The largest absolute Gasteiger partial charge is 0.341 e. The van der Waals surface area contributed by atoms with Crippen LogP contribution in [0, 0.1) is 23.2 Å². The molecule has 0 spiro atoms. The molecule has 0 bridgehead atoms. The van der Waals surface area contributed by atoms with Crippen molar-refractivity contribution in [1.29, 1.82) is 5.26 Å². The van der Waals surface area contributed by atoms with Crippen molar-refractivity contribution in [3.05, 3.63) is 0 Å². The molecule has 1 aliphatic heterocycles. The molecule has 0 radical (unpaired) electrons. The van der Waals surface area contributed by atoms with Gasteiger partial charge in [0.25, 0.3) is 0 Å². The third-order valence-corrected chi connectivity index (χ3v) is 3.60. The average Bonchev–Trinajstić information content (AvgIpc) is 2.41. The van der Waals surface area contributed by atoms with Crippen molar-refractivity contribution < 1.29 is 4.79 Å². The van der Waals surface area contributed by atoms with Crippen LogP contribution < -0.4 is 5.32 Å². The number of hydrogen-bond donors (Lipinski definition) is 1. The zero-order valence-electron chi connectivity index (χ0n) is 12.3. The smallest absolute Gasteiger partial charge is 0.222 e. The average molecular weight is 265 g/mol. The van der Waals surface area contributed by atoms with Gasteiger partial charge < -0.3 is 10.2 Å². The molecule has 1 rings (SSSR count). The molecule has 4 heteroatoms. The molecule has 1 aliphatic rings. The Morgan fingerprint density at radius 1 is 1.53 bits per heavy atom. The Morgan fingerprint density at radius 2 is 2.32 bits per heavy atom. The standard InChI is InChI=1S/C15H27N3O/c1-13(2)12-18(10-4-8-16)15(19)7-6-14-5-3-9-17-11-14/h13-14,17H,3-7,9-12H2,1-2H3. The molecular weight excluding hydrogens is 238 g/mol. The van der Waals surface area contributed by atoms with Gasteiger partial charge in [-0.3, -0.25) is 4.79 Å². The molecule has 0 aromatic rings. The van der Waals surface area contributed by atoms with Crippen LogP contribution in [-0.4, -0.2) is 37.0 Å². The highest BCUT2D eigenvalue weighted by Crippen LogP contribution is 2.17. The Hall–Kier alpha value is -1.08. The van der Waals surface area contributed by atoms with Crippen LogP contribution in [0.5, 0.6) is 0 Å². The molecule has 0 aromatic heterocycles. The summed E-state index contributed by atoms with van der Waals surface area (Å²) in [5.41, 5.74) is 0. The fourth-order valence-corrected chi connectivity index (χ4v) is 2.60. The summed E-state index contributed by atoms with van der Waals surface area (Å²) >= 11 is 0. The summed E-state index contributed by atoms with van der Waals surface area (Å²) < 4.78 is 0. The van der Waals surface area contributed by atoms with E-state index < -0.39 is 0 Å². The Morgan fingerprint density at radius 3 is 2.89 bits per heavy atom. The first-order valence-electron chi connectivity index (χ1n) is 7.49. The van der Waals surface area contributed by atoms with Gasteiger partial charge in [0.05, 0.1) is 12.5 Å². The van der Waals surface area contributed by atoms with Crippen LogP contribution in [0.4, 0.5) is 0 Å². The Kier molecular flexibility index (Phi) is 7.50. The van der Waals surface area contributed by atoms with E-state index in [1.54, 1.807) is 0 Å². The van der Waals surface area contributed by atoms with Crippen LogP contribution in [0.15, 0.2) is 0 Å². The molecule has 1 saturated heterocycles. The van der Waals surface area contributed by atoms with E-state index in [4.69, 9.17) is 5.26 Å². The van der Waals surface area contributed by atoms with Crippen molar-refractivity contribution in [3.8, 4) is 6.07 Å². The summed E-state index contributed by atoms with van der Waals surface area (Å²) in [5, 5.41) is 12.1. The van der Waals surface area contributed by atoms with Crippen molar-refractivity contribution in [2.24, 2.45) is 11.8 Å². The van der Waals surface area contributed by atoms with Crippen molar-refractivity contribution in [2.45, 2.75) is 46.0 Å². The Balaban J connectivity index is 2.35. The van der Waals surface area contributed by atoms with Crippen LogP contribution in [0.2, 0.25) is 0 Å². The highest BCUT2D eigenvalue weighted by Gasteiger charge is 2.18. The number of hydrogen-bond acceptors (Lipinski definition) is 3. The number of nitriles is 1. The molecule has 1 N–H and O–H groups in total. The second-order valence-electron chi connectivity index (χ2n) is 5.89. The molecule has 1 heterocycles. The quantitative estimate of drug-likeness (QED) is 0.767. The van der Waals surface area contributed by atoms with Gasteiger partial charge in [-0.15, -0.1) is 0 Å². The minimum atomic E-state index is 0.217. The van der Waals surface area contributed by atoms with Crippen molar-refractivity contribution in [3.63, 3.8) is 0 Å². The van der Waals surface area contributed by atoms with Crippen LogP contribution in [0.25, 0.3) is 0 Å². The van der Waals surface area contributed by atoms with Gasteiger partial charge >= 0.3 is 0 Å². The minimum Gasteiger partial charge on any atom is -0.341 e. The van der Waals surface area contributed by atoms with E-state index in [1.807, 2.05) is 4.90 Å². The number of carbonyl (C=O) groups is 1. The van der Waals surface area contributed by atoms with Gasteiger partial charge in [-0.2, -0.15) is 5.26 Å². The lowest BCUT2D eigenvalue weighted by atomic mass is 9.94. The lowest BCUT2D eigenvalue weighted by Crippen LogP contribution is -2.36. The first kappa shape index (κ1) is 16.0. The van der Waals surface area contributed by atoms with Gasteiger partial charge in [0.15, 0.2) is 0 Å². The topological polar surface area (TPSA) is 56.1 Å². The van der Waals surface area contributed by atoms with Gasteiger partial charge in [-0.05, 0) is 44.2 Å². The molecule has 1 amide bonds. The molecule has 0 saturated carbocycles. The summed E-state index contributed by atoms with van der Waals surface area (Å²) in [6.07, 6.45) is 4.51. The monoisotopic (exact) mass is 265 g/mol. The van der Waals surface area contributed by atoms with Crippen LogP contribution in [0.3, 0.4) is 0 Å². The predicted octanol–water partition coefficient (Wildman–Crippen LogP) is 2.16. The highest BCUT2D eigenvalue weighted by atomic mass is 16.2. The van der Waals surface area contributed by atoms with Crippen LogP contribution >= 0.6 is 0 Å². The van der Waals surface area contributed by atoms with Gasteiger partial charge in [0.1, 0.15) is 0 Å². The van der Waals surface area contributed by atoms with Gasteiger partial charge in [0, 0.05) is 19.5 Å². The number of amides is 1. The molecule has 108 valence electrons. The zero-order chi connectivity index (χ0) is 14.1. The summed E-state index contributed by atoms with van der Waals surface area (Å²) in [6.45, 7) is 7.73. The first-order chi connectivity index (χ1) is 9.13. The second kappa shape index (κ2) is 8.92. The van der Waals surface area contributed by atoms with Crippen LogP contribution in [0.1, 0.15) is 46.0 Å². The summed E-state index contributed by atoms with van der Waals surface area (Å²) in [7, 11) is 0. The van der Waals surface area contributed by atoms with E-state index in [9.17, 15) is 4.79 Å². The maximum Gasteiger partial charge on any atom is 0.222 e. The normalized spacial score (nSPS) is 19.2. The molecule has 1 unspecified atom stereocenters. The van der Waals surface area contributed by atoms with E-state index in [2.05, 4.69) is 25.2 Å². The predicted molar refractivity (Wildman–Crippen MR) is 76.5 cm³/mol. The number of nitrogens with one attached hydrogen (secondary N) is 1. The van der Waals surface area contributed by atoms with Crippen molar-refractivity contribution >= 4 is 5.91 Å². The lowest BCUT2D eigenvalue weighted by molar-refractivity contribution is -0.132. The van der Waals surface area contributed by atoms with E-state index >= 15 is 0 Å². The van der Waals surface area contributed by atoms with E-state index in [0.29, 0.717) is 31.2 Å². The maximum atomic E-state index is 12.2. The molecule has 0 aliphatic carbocycles. The molecule has 1 fully saturated rings. The van der Waals surface area contributed by atoms with Crippen molar-refractivity contribution in [2.75, 3.05) is 26.2 Å². The zero-order valence-corrected chi connectivity index (χ0v) is 12.3. The molecule has 1 atom stereocenters. The highest BCUT2D eigenvalue weighted by molar-refractivity contribution is 5.76. The Labute approximate surface area is 117 Å². The van der Waals surface area contributed by atoms with Gasteiger partial charge in [-0.1, -0.05) is 13.8 Å². The first-order valence-corrected chi connectivity index (χ1v) is 7.49. The number of piperidine rings is 1. The number of rotatable bonds is 7. The van der Waals surface area contributed by atoms with Crippen molar-refractivity contribution in [1.82, 2.24) is 10.2 Å². The third kappa shape index (κ3) is 6.58. The van der Waals surface area contributed by atoms with Gasteiger partial charge in [0.2, 0.25) is 5.91 Å². The fraction of sp³-hybridized carbons (Fsp3) is 0.867. The second-order valence-corrected chi connectivity index (χ2v) is 5.89. The Bertz CT molecular complexity index is 303. The van der Waals surface area contributed by atoms with Crippen LogP contribution in [-0.2, 0) is 4.79 Å². The lowest BCUT2D eigenvalue weighted by Gasteiger charge is -2.26. The summed E-state index contributed by atoms with van der Waals surface area (Å²) in [5.74, 6) is 1.32. The molecular formula is C15H27N3O. The maximum absolute atomic E-state index is 12.2. The SMILES string of the molecule is CC(C)CN(CCC#N)C(=O)CCC1CCCNC1. The molecule has 19 heavy (non-hydrogen) atoms. The van der Waals surface area contributed by atoms with E-state index in [0.717, 1.165) is 26.1 Å². The summed E-state index contributed by atoms with van der Waals surface area (Å²) in [4.78, 5) is 14.1. The van der Waals surface area contributed by atoms with E-state index in [-0.39, 0.29) is 5.91 Å². The minimum absolute atomic E-state index is 0.217. The number of carbonyl (C=O) groups excluding carboxylic acids is 1. The molecule has 0 aromatic carbocycles. The molecule has 4 nitrogen and oxygen atoms in total. The van der Waals surface area contributed by atoms with Gasteiger partial charge in [-0.25, -0.2) is 0 Å². The summed E-state index contributed by atoms with van der Waals surface area (Å²) in [6, 6.07) is 2.13. The third-order valence-electron chi connectivity index (χ3n) is 3.60. The fourth-order valence-electron chi connectivity index (χ4n) is 2.60. The number of nitrogens with zero attached hydrogens (tertiary/aromatic N) is 2. The van der Waals surface area contributed by atoms with E-state index in [1.165, 1.54) is 12.8 Å².